The largest absolute Gasteiger partial charge is 0.497 e. The van der Waals surface area contributed by atoms with Gasteiger partial charge in [-0.15, -0.1) is 4.51 Å². The molecule has 0 radical (unpaired) electrons. The summed E-state index contributed by atoms with van der Waals surface area (Å²) in [6.07, 6.45) is 2.97. The maximum atomic E-state index is 13.3. The van der Waals surface area contributed by atoms with Crippen LogP contribution in [0.15, 0.2) is 64.3 Å². The van der Waals surface area contributed by atoms with E-state index in [-0.39, 0.29) is 17.4 Å². The second-order valence-electron chi connectivity index (χ2n) is 6.68. The highest BCUT2D eigenvalue weighted by molar-refractivity contribution is 7.89. The number of aliphatic carboxylic acids is 1. The van der Waals surface area contributed by atoms with Gasteiger partial charge in [0.05, 0.1) is 23.9 Å². The van der Waals surface area contributed by atoms with Gasteiger partial charge in [-0.1, -0.05) is 18.2 Å². The number of ether oxygens (including phenoxy) is 1. The van der Waals surface area contributed by atoms with Gasteiger partial charge in [-0.2, -0.15) is 4.31 Å². The van der Waals surface area contributed by atoms with Gasteiger partial charge in [-0.25, -0.2) is 8.42 Å². The molecule has 1 heterocycles. The number of carboxylic acid groups (broad SMARTS) is 1. The van der Waals surface area contributed by atoms with Crippen LogP contribution < -0.4 is 15.8 Å². The van der Waals surface area contributed by atoms with Crippen LogP contribution in [0.5, 0.6) is 5.75 Å². The quantitative estimate of drug-likeness (QED) is 0.331. The van der Waals surface area contributed by atoms with Crippen molar-refractivity contribution in [1.29, 1.82) is 0 Å². The lowest BCUT2D eigenvalue weighted by atomic mass is 10.1. The Labute approximate surface area is 189 Å². The molecule has 3 aromatic rings. The van der Waals surface area contributed by atoms with Crippen LogP contribution in [0.1, 0.15) is 5.56 Å². The van der Waals surface area contributed by atoms with E-state index in [1.165, 1.54) is 31.6 Å². The summed E-state index contributed by atoms with van der Waals surface area (Å²) < 4.78 is 36.0. The number of methoxy groups -OCH3 is 1. The monoisotopic (exact) mass is 477 g/mol. The molecular formula is C20H20ClN5O5S. The van der Waals surface area contributed by atoms with Crippen molar-refractivity contribution in [3.8, 4) is 5.75 Å². The minimum absolute atomic E-state index is 0.0522. The topological polar surface area (TPSA) is 147 Å². The second-order valence-corrected chi connectivity index (χ2v) is 8.79. The van der Waals surface area contributed by atoms with Crippen LogP contribution >= 0.6 is 11.8 Å². The molecule has 0 unspecified atom stereocenters. The molecule has 3 rings (SSSR count). The van der Waals surface area contributed by atoms with E-state index >= 15 is 0 Å². The lowest BCUT2D eigenvalue weighted by molar-refractivity contribution is -0.137. The molecule has 2 aromatic carbocycles. The van der Waals surface area contributed by atoms with E-state index in [9.17, 15) is 18.3 Å². The Morgan fingerprint density at radius 2 is 2.06 bits per heavy atom. The Balaban J connectivity index is 2.00. The molecule has 0 fully saturated rings. The fourth-order valence-electron chi connectivity index (χ4n) is 3.07. The number of aromatic nitrogens is 1. The minimum atomic E-state index is -4.15. The fourth-order valence-corrected chi connectivity index (χ4v) is 4.53. The molecule has 0 saturated heterocycles. The molecule has 0 aliphatic rings. The van der Waals surface area contributed by atoms with Crippen molar-refractivity contribution in [2.75, 3.05) is 19.0 Å². The van der Waals surface area contributed by atoms with Gasteiger partial charge in [-0.3, -0.25) is 9.78 Å². The summed E-state index contributed by atoms with van der Waals surface area (Å²) >= 11 is 5.34. The molecule has 168 valence electrons. The number of carbonyl (C=O) groups is 1. The number of fused-ring (bicyclic) bond motifs is 1. The van der Waals surface area contributed by atoms with Crippen LogP contribution in [0.3, 0.4) is 0 Å². The van der Waals surface area contributed by atoms with Crippen molar-refractivity contribution in [3.63, 3.8) is 0 Å². The zero-order valence-electron chi connectivity index (χ0n) is 16.9. The molecule has 0 amide bonds. The lowest BCUT2D eigenvalue weighted by Gasteiger charge is -2.21. The van der Waals surface area contributed by atoms with Crippen molar-refractivity contribution in [2.45, 2.75) is 11.4 Å². The third-order valence-corrected chi connectivity index (χ3v) is 6.50. The molecule has 32 heavy (non-hydrogen) atoms. The number of carboxylic acids is 1. The molecule has 0 aliphatic carbocycles. The van der Waals surface area contributed by atoms with E-state index in [0.717, 1.165) is 4.31 Å². The summed E-state index contributed by atoms with van der Waals surface area (Å²) in [7, 11) is -2.66. The van der Waals surface area contributed by atoms with E-state index < -0.39 is 22.5 Å². The molecule has 0 aliphatic heterocycles. The van der Waals surface area contributed by atoms with Gasteiger partial charge < -0.3 is 20.9 Å². The Morgan fingerprint density at radius 1 is 1.28 bits per heavy atom. The van der Waals surface area contributed by atoms with Crippen molar-refractivity contribution in [3.05, 3.63) is 60.4 Å². The van der Waals surface area contributed by atoms with E-state index in [0.29, 0.717) is 27.8 Å². The zero-order chi connectivity index (χ0) is 23.3. The van der Waals surface area contributed by atoms with Gasteiger partial charge >= 0.3 is 5.97 Å². The number of nitrogens with two attached hydrogens (primary N) is 1. The van der Waals surface area contributed by atoms with E-state index in [4.69, 9.17) is 22.2 Å². The molecule has 10 nitrogen and oxygen atoms in total. The highest BCUT2D eigenvalue weighted by atomic mass is 35.5. The summed E-state index contributed by atoms with van der Waals surface area (Å²) in [5, 5.41) is 13.2. The molecule has 4 N–H and O–H groups in total. The molecule has 0 bridgehead atoms. The van der Waals surface area contributed by atoms with E-state index in [1.54, 1.807) is 30.3 Å². The predicted octanol–water partition coefficient (Wildman–Crippen LogP) is 2.40. The number of pyridine rings is 1. The average Bonchev–Trinajstić information content (AvgIpc) is 2.78. The van der Waals surface area contributed by atoms with Gasteiger partial charge in [0, 0.05) is 35.3 Å². The predicted molar refractivity (Wildman–Crippen MR) is 121 cm³/mol. The summed E-state index contributed by atoms with van der Waals surface area (Å²) in [5.41, 5.74) is 6.65. The number of nitrogens with one attached hydrogen (secondary N) is 1. The number of guanidine groups is 1. The maximum absolute atomic E-state index is 13.3. The highest BCUT2D eigenvalue weighted by Gasteiger charge is 2.27. The molecule has 0 saturated carbocycles. The Morgan fingerprint density at radius 3 is 2.75 bits per heavy atom. The van der Waals surface area contributed by atoms with Crippen molar-refractivity contribution >= 4 is 50.2 Å². The van der Waals surface area contributed by atoms with Gasteiger partial charge in [0.1, 0.15) is 12.3 Å². The highest BCUT2D eigenvalue weighted by Crippen LogP contribution is 2.27. The number of nitrogens with zero attached hydrogens (tertiary/aromatic N) is 3. The number of benzene rings is 2. The SMILES string of the molecule is COc1cccc(CN(CC(=O)O)S(=O)(=O)c2ccc3c(NC(N)=NCl)cncc3c2)c1. The van der Waals surface area contributed by atoms with Crippen molar-refractivity contribution in [1.82, 2.24) is 9.29 Å². The van der Waals surface area contributed by atoms with Gasteiger partial charge in [-0.05, 0) is 29.8 Å². The number of hydrogen-bond acceptors (Lipinski definition) is 6. The fraction of sp³-hybridized carbons (Fsp3) is 0.150. The van der Waals surface area contributed by atoms with Gasteiger partial charge in [0.2, 0.25) is 16.0 Å². The Hall–Kier alpha value is -3.41. The van der Waals surface area contributed by atoms with Crippen LogP contribution in [0.4, 0.5) is 5.69 Å². The normalized spacial score (nSPS) is 12.2. The first kappa shape index (κ1) is 23.3. The maximum Gasteiger partial charge on any atom is 0.318 e. The number of halogens is 1. The standard InChI is InChI=1S/C20H20ClN5O5S/c1-31-15-4-2-3-13(7-15)11-26(12-19(27)28)32(29,30)16-5-6-17-14(8-16)9-23-10-18(17)24-20(22)25-21/h2-10H,11-12H2,1H3,(H,27,28)(H3,22,24,25). The molecular weight excluding hydrogens is 458 g/mol. The van der Waals surface area contributed by atoms with Crippen LogP contribution in [-0.2, 0) is 21.4 Å². The number of sulfonamides is 1. The van der Waals surface area contributed by atoms with Gasteiger partial charge in [0.15, 0.2) is 0 Å². The molecule has 0 spiro atoms. The minimum Gasteiger partial charge on any atom is -0.497 e. The van der Waals surface area contributed by atoms with Crippen LogP contribution in [0, 0.1) is 0 Å². The van der Waals surface area contributed by atoms with Gasteiger partial charge in [0.25, 0.3) is 0 Å². The molecule has 1 aromatic heterocycles. The van der Waals surface area contributed by atoms with Crippen LogP contribution in [-0.4, -0.2) is 48.4 Å². The van der Waals surface area contributed by atoms with E-state index in [1.807, 2.05) is 0 Å². The third kappa shape index (κ3) is 5.25. The second kappa shape index (κ2) is 9.81. The van der Waals surface area contributed by atoms with Crippen molar-refractivity contribution in [2.24, 2.45) is 10.2 Å². The third-order valence-electron chi connectivity index (χ3n) is 4.53. The first-order valence-corrected chi connectivity index (χ1v) is 11.0. The average molecular weight is 478 g/mol. The summed E-state index contributed by atoms with van der Waals surface area (Å²) in [6.45, 7) is -0.855. The molecule has 0 atom stereocenters. The first-order chi connectivity index (χ1) is 15.2. The zero-order valence-corrected chi connectivity index (χ0v) is 18.5. The molecule has 12 heteroatoms. The summed E-state index contributed by atoms with van der Waals surface area (Å²) in [4.78, 5) is 15.4. The number of anilines is 1. The van der Waals surface area contributed by atoms with Crippen molar-refractivity contribution < 1.29 is 23.1 Å². The summed E-state index contributed by atoms with van der Waals surface area (Å²) in [5.74, 6) is -0.795. The van der Waals surface area contributed by atoms with E-state index in [2.05, 4.69) is 14.8 Å². The Kier molecular flexibility index (Phi) is 7.13. The summed E-state index contributed by atoms with van der Waals surface area (Å²) in [6, 6.07) is 11.1. The van der Waals surface area contributed by atoms with Crippen LogP contribution in [0.2, 0.25) is 0 Å². The Bertz CT molecular complexity index is 1280. The smallest absolute Gasteiger partial charge is 0.318 e. The number of hydrogen-bond donors (Lipinski definition) is 3. The first-order valence-electron chi connectivity index (χ1n) is 9.18. The van der Waals surface area contributed by atoms with Crippen LogP contribution in [0.25, 0.3) is 10.8 Å². The lowest BCUT2D eigenvalue weighted by Crippen LogP contribution is -2.35. The number of rotatable bonds is 8.